The molecule has 0 heterocycles. The van der Waals surface area contributed by atoms with Gasteiger partial charge in [-0.2, -0.15) is 16.2 Å². The zero-order valence-corrected chi connectivity index (χ0v) is 11.6. The molecule has 0 spiro atoms. The molecule has 4 nitrogen and oxygen atoms in total. The largest absolute Gasteiger partial charge is 0.376 e. The minimum atomic E-state index is -0.786. The Kier molecular flexibility index (Phi) is 4.63. The van der Waals surface area contributed by atoms with Gasteiger partial charge in [-0.3, -0.25) is 10.1 Å². The van der Waals surface area contributed by atoms with Gasteiger partial charge in [0.05, 0.1) is 4.92 Å². The lowest BCUT2D eigenvalue weighted by Gasteiger charge is -2.31. The van der Waals surface area contributed by atoms with E-state index in [2.05, 4.69) is 5.32 Å². The van der Waals surface area contributed by atoms with Crippen LogP contribution < -0.4 is 5.32 Å². The molecule has 19 heavy (non-hydrogen) atoms. The van der Waals surface area contributed by atoms with Gasteiger partial charge in [0.15, 0.2) is 0 Å². The highest BCUT2D eigenvalue weighted by atomic mass is 32.2. The van der Waals surface area contributed by atoms with Gasteiger partial charge in [0.2, 0.25) is 5.82 Å². The summed E-state index contributed by atoms with van der Waals surface area (Å²) >= 11 is 1.77. The van der Waals surface area contributed by atoms with Crippen LogP contribution in [-0.4, -0.2) is 22.5 Å². The molecule has 1 N–H and O–H groups in total. The van der Waals surface area contributed by atoms with Crippen LogP contribution in [0.2, 0.25) is 0 Å². The number of halogens is 1. The molecule has 0 bridgehead atoms. The van der Waals surface area contributed by atoms with E-state index in [1.807, 2.05) is 6.26 Å². The summed E-state index contributed by atoms with van der Waals surface area (Å²) in [7, 11) is 0. The van der Waals surface area contributed by atoms with Crippen molar-refractivity contribution >= 4 is 23.1 Å². The Morgan fingerprint density at radius 3 is 2.84 bits per heavy atom. The third kappa shape index (κ3) is 3.18. The molecule has 0 aliphatic heterocycles. The molecule has 0 aromatic heterocycles. The van der Waals surface area contributed by atoms with Crippen molar-refractivity contribution in [2.75, 3.05) is 11.6 Å². The van der Waals surface area contributed by atoms with Gasteiger partial charge in [0, 0.05) is 11.3 Å². The first-order valence-electron chi connectivity index (χ1n) is 6.35. The fraction of sp³-hybridized carbons (Fsp3) is 0.538. The number of para-hydroxylation sites is 1. The maximum absolute atomic E-state index is 13.5. The van der Waals surface area contributed by atoms with Gasteiger partial charge in [0.1, 0.15) is 5.69 Å². The number of rotatable bonds is 4. The molecule has 1 aliphatic carbocycles. The first kappa shape index (κ1) is 14.1. The minimum Gasteiger partial charge on any atom is -0.376 e. The Morgan fingerprint density at radius 1 is 1.42 bits per heavy atom. The van der Waals surface area contributed by atoms with E-state index in [9.17, 15) is 14.5 Å². The second kappa shape index (κ2) is 6.23. The Bertz CT molecular complexity index is 470. The van der Waals surface area contributed by atoms with E-state index < -0.39 is 16.4 Å². The molecule has 1 aromatic rings. The first-order chi connectivity index (χ1) is 9.13. The number of nitro groups is 1. The van der Waals surface area contributed by atoms with Gasteiger partial charge in [-0.05, 0) is 31.2 Å². The number of thioether (sulfide) groups is 1. The third-order valence-electron chi connectivity index (χ3n) is 3.52. The summed E-state index contributed by atoms with van der Waals surface area (Å²) < 4.78 is 13.5. The lowest BCUT2D eigenvalue weighted by atomic mass is 9.94. The molecule has 2 atom stereocenters. The van der Waals surface area contributed by atoms with Gasteiger partial charge in [0.25, 0.3) is 0 Å². The molecule has 2 rings (SSSR count). The van der Waals surface area contributed by atoms with Crippen LogP contribution in [-0.2, 0) is 0 Å². The van der Waals surface area contributed by atoms with E-state index in [4.69, 9.17) is 0 Å². The first-order valence-corrected chi connectivity index (χ1v) is 7.64. The van der Waals surface area contributed by atoms with Gasteiger partial charge in [-0.15, -0.1) is 0 Å². The van der Waals surface area contributed by atoms with Gasteiger partial charge >= 0.3 is 5.69 Å². The molecule has 0 radical (unpaired) electrons. The van der Waals surface area contributed by atoms with Crippen molar-refractivity contribution in [3.63, 3.8) is 0 Å². The number of nitro benzene ring substituents is 1. The fourth-order valence-electron chi connectivity index (χ4n) is 2.56. The average Bonchev–Trinajstić information content (AvgIpc) is 2.39. The van der Waals surface area contributed by atoms with E-state index in [-0.39, 0.29) is 11.7 Å². The minimum absolute atomic E-state index is 0.171. The number of nitrogens with one attached hydrogen (secondary N) is 1. The van der Waals surface area contributed by atoms with Gasteiger partial charge in [-0.1, -0.05) is 18.9 Å². The molecular formula is C13H17FN2O2S. The van der Waals surface area contributed by atoms with Crippen molar-refractivity contribution in [3.8, 4) is 0 Å². The molecule has 1 fully saturated rings. The van der Waals surface area contributed by atoms with E-state index in [1.54, 1.807) is 17.8 Å². The molecule has 0 saturated heterocycles. The Morgan fingerprint density at radius 2 is 2.16 bits per heavy atom. The zero-order chi connectivity index (χ0) is 13.8. The summed E-state index contributed by atoms with van der Waals surface area (Å²) in [4.78, 5) is 10.3. The molecule has 104 valence electrons. The van der Waals surface area contributed by atoms with Crippen LogP contribution in [0.5, 0.6) is 0 Å². The Balaban J connectivity index is 2.22. The normalized spacial score (nSPS) is 23.1. The number of hydrogen-bond donors (Lipinski definition) is 1. The monoisotopic (exact) mass is 284 g/mol. The van der Waals surface area contributed by atoms with Crippen molar-refractivity contribution < 1.29 is 9.31 Å². The van der Waals surface area contributed by atoms with Crippen LogP contribution in [0.4, 0.5) is 15.8 Å². The summed E-state index contributed by atoms with van der Waals surface area (Å²) in [5.41, 5.74) is -0.163. The van der Waals surface area contributed by atoms with Crippen LogP contribution in [0.15, 0.2) is 18.2 Å². The topological polar surface area (TPSA) is 55.2 Å². The summed E-state index contributed by atoms with van der Waals surface area (Å²) in [5, 5.41) is 14.6. The molecule has 1 aliphatic rings. The molecule has 2 unspecified atom stereocenters. The fourth-order valence-corrected chi connectivity index (χ4v) is 3.50. The molecule has 6 heteroatoms. The van der Waals surface area contributed by atoms with E-state index in [0.29, 0.717) is 5.25 Å². The highest BCUT2D eigenvalue weighted by Crippen LogP contribution is 2.33. The van der Waals surface area contributed by atoms with Crippen LogP contribution >= 0.6 is 11.8 Å². The summed E-state index contributed by atoms with van der Waals surface area (Å²) in [6.45, 7) is 0. The maximum atomic E-state index is 13.5. The zero-order valence-electron chi connectivity index (χ0n) is 10.8. The number of benzene rings is 1. The lowest BCUT2D eigenvalue weighted by Crippen LogP contribution is -2.34. The smallest absolute Gasteiger partial charge is 0.327 e. The SMILES string of the molecule is CSC1CCCCC1Nc1cccc(F)c1[N+](=O)[O-]. The van der Waals surface area contributed by atoms with E-state index in [0.717, 1.165) is 25.3 Å². The number of anilines is 1. The van der Waals surface area contributed by atoms with Crippen molar-refractivity contribution in [1.29, 1.82) is 0 Å². The Labute approximate surface area is 115 Å². The van der Waals surface area contributed by atoms with Gasteiger partial charge < -0.3 is 5.32 Å². The second-order valence-corrected chi connectivity index (χ2v) is 5.78. The number of hydrogen-bond acceptors (Lipinski definition) is 4. The van der Waals surface area contributed by atoms with Crippen LogP contribution in [0.1, 0.15) is 25.7 Å². The van der Waals surface area contributed by atoms with Crippen LogP contribution in [0, 0.1) is 15.9 Å². The summed E-state index contributed by atoms with van der Waals surface area (Å²) in [6.07, 6.45) is 6.42. The Hall–Kier alpha value is -1.30. The van der Waals surface area contributed by atoms with E-state index >= 15 is 0 Å². The number of nitrogens with zero attached hydrogens (tertiary/aromatic N) is 1. The van der Waals surface area contributed by atoms with Crippen molar-refractivity contribution in [2.45, 2.75) is 37.0 Å². The summed E-state index contributed by atoms with van der Waals surface area (Å²) in [5.74, 6) is -0.786. The lowest BCUT2D eigenvalue weighted by molar-refractivity contribution is -0.386. The molecular weight excluding hydrogens is 267 g/mol. The van der Waals surface area contributed by atoms with Crippen molar-refractivity contribution in [2.24, 2.45) is 0 Å². The maximum Gasteiger partial charge on any atom is 0.327 e. The molecule has 0 amide bonds. The highest BCUT2D eigenvalue weighted by molar-refractivity contribution is 7.99. The van der Waals surface area contributed by atoms with Gasteiger partial charge in [-0.25, -0.2) is 0 Å². The predicted octanol–water partition coefficient (Wildman–Crippen LogP) is 3.82. The average molecular weight is 284 g/mol. The van der Waals surface area contributed by atoms with E-state index in [1.165, 1.54) is 12.5 Å². The highest BCUT2D eigenvalue weighted by Gasteiger charge is 2.27. The molecule has 1 aromatic carbocycles. The summed E-state index contributed by atoms with van der Waals surface area (Å²) in [6, 6.07) is 4.37. The second-order valence-electron chi connectivity index (χ2n) is 4.70. The quantitative estimate of drug-likeness (QED) is 0.674. The van der Waals surface area contributed by atoms with Crippen molar-refractivity contribution in [1.82, 2.24) is 0 Å². The predicted molar refractivity (Wildman–Crippen MR) is 76.2 cm³/mol. The van der Waals surface area contributed by atoms with Crippen LogP contribution in [0.3, 0.4) is 0 Å². The van der Waals surface area contributed by atoms with Crippen molar-refractivity contribution in [3.05, 3.63) is 34.1 Å². The standard InChI is InChI=1S/C13H17FN2O2S/c1-19-12-8-3-2-6-10(12)15-11-7-4-5-9(14)13(11)16(17)18/h4-5,7,10,12,15H,2-3,6,8H2,1H3. The van der Waals surface area contributed by atoms with Crippen LogP contribution in [0.25, 0.3) is 0 Å². The molecule has 1 saturated carbocycles. The third-order valence-corrected chi connectivity index (χ3v) is 4.69.